The Balaban J connectivity index is 0.000000162. The zero-order chi connectivity index (χ0) is 10.9. The normalized spacial score (nSPS) is 9.20. The van der Waals surface area contributed by atoms with Gasteiger partial charge in [-0.1, -0.05) is 19.9 Å². The topological polar surface area (TPSA) is 28.7 Å². The van der Waals surface area contributed by atoms with Crippen LogP contribution < -0.4 is 0 Å². The van der Waals surface area contributed by atoms with E-state index in [-0.39, 0.29) is 0 Å². The van der Waals surface area contributed by atoms with Crippen molar-refractivity contribution in [3.05, 3.63) is 54.1 Å². The van der Waals surface area contributed by atoms with E-state index < -0.39 is 0 Å². The van der Waals surface area contributed by atoms with Crippen LogP contribution in [0.15, 0.2) is 42.9 Å². The first-order valence-electron chi connectivity index (χ1n) is 5.38. The van der Waals surface area contributed by atoms with Crippen molar-refractivity contribution in [3.8, 4) is 0 Å². The standard InChI is InChI=1S/C8H13N.C5H5N/c1-3-7-5-8(4-2)9-6-7;1-2-4-6-5-3-1/h5-6,9H,3-4H2,1-2H3;1-5H. The zero-order valence-electron chi connectivity index (χ0n) is 9.40. The average Bonchev–Trinajstić information content (AvgIpc) is 2.80. The summed E-state index contributed by atoms with van der Waals surface area (Å²) in [6, 6.07) is 7.94. The highest BCUT2D eigenvalue weighted by atomic mass is 14.7. The summed E-state index contributed by atoms with van der Waals surface area (Å²) in [6.45, 7) is 4.33. The number of H-pyrrole nitrogens is 1. The highest BCUT2D eigenvalue weighted by Gasteiger charge is 1.91. The van der Waals surface area contributed by atoms with Gasteiger partial charge in [-0.3, -0.25) is 4.98 Å². The Morgan fingerprint density at radius 2 is 1.80 bits per heavy atom. The second-order valence-corrected chi connectivity index (χ2v) is 3.26. The molecule has 0 aliphatic carbocycles. The molecule has 0 amide bonds. The number of aromatic nitrogens is 2. The molecule has 0 aliphatic rings. The molecule has 0 atom stereocenters. The van der Waals surface area contributed by atoms with Gasteiger partial charge in [0, 0.05) is 24.3 Å². The van der Waals surface area contributed by atoms with Crippen LogP contribution in [0.2, 0.25) is 0 Å². The fraction of sp³-hybridized carbons (Fsp3) is 0.308. The lowest BCUT2D eigenvalue weighted by atomic mass is 10.2. The summed E-state index contributed by atoms with van der Waals surface area (Å²) >= 11 is 0. The van der Waals surface area contributed by atoms with Crippen molar-refractivity contribution in [2.24, 2.45) is 0 Å². The van der Waals surface area contributed by atoms with E-state index in [1.807, 2.05) is 18.2 Å². The molecule has 0 saturated heterocycles. The van der Waals surface area contributed by atoms with E-state index in [9.17, 15) is 0 Å². The molecule has 0 spiro atoms. The second kappa shape index (κ2) is 6.82. The SMILES string of the molecule is CCc1c[nH]c(CC)c1.c1ccncc1. The van der Waals surface area contributed by atoms with Gasteiger partial charge in [-0.2, -0.15) is 0 Å². The van der Waals surface area contributed by atoms with Gasteiger partial charge in [0.05, 0.1) is 0 Å². The minimum Gasteiger partial charge on any atom is -0.365 e. The van der Waals surface area contributed by atoms with E-state index >= 15 is 0 Å². The molecule has 15 heavy (non-hydrogen) atoms. The van der Waals surface area contributed by atoms with E-state index in [0.717, 1.165) is 12.8 Å². The maximum atomic E-state index is 3.78. The summed E-state index contributed by atoms with van der Waals surface area (Å²) in [5, 5.41) is 0. The summed E-state index contributed by atoms with van der Waals surface area (Å²) in [4.78, 5) is 6.99. The number of aromatic amines is 1. The summed E-state index contributed by atoms with van der Waals surface area (Å²) in [5.74, 6) is 0. The molecular formula is C13H18N2. The van der Waals surface area contributed by atoms with E-state index in [1.165, 1.54) is 11.3 Å². The minimum atomic E-state index is 1.11. The molecule has 0 fully saturated rings. The fourth-order valence-electron chi connectivity index (χ4n) is 1.21. The van der Waals surface area contributed by atoms with E-state index in [2.05, 4.69) is 36.1 Å². The van der Waals surface area contributed by atoms with Crippen LogP contribution in [0.25, 0.3) is 0 Å². The van der Waals surface area contributed by atoms with Crippen LogP contribution in [0.5, 0.6) is 0 Å². The number of rotatable bonds is 2. The van der Waals surface area contributed by atoms with Crippen LogP contribution in [-0.4, -0.2) is 9.97 Å². The Kier molecular flexibility index (Phi) is 5.23. The molecule has 2 aromatic heterocycles. The van der Waals surface area contributed by atoms with Gasteiger partial charge in [-0.15, -0.1) is 0 Å². The third kappa shape index (κ3) is 4.45. The van der Waals surface area contributed by atoms with Crippen molar-refractivity contribution in [1.82, 2.24) is 9.97 Å². The lowest BCUT2D eigenvalue weighted by Crippen LogP contribution is -1.74. The number of pyridine rings is 1. The van der Waals surface area contributed by atoms with Gasteiger partial charge in [0.2, 0.25) is 0 Å². The Bertz CT molecular complexity index is 306. The number of hydrogen-bond donors (Lipinski definition) is 1. The second-order valence-electron chi connectivity index (χ2n) is 3.26. The average molecular weight is 202 g/mol. The Morgan fingerprint density at radius 3 is 2.07 bits per heavy atom. The molecule has 0 unspecified atom stereocenters. The highest BCUT2D eigenvalue weighted by molar-refractivity contribution is 5.16. The van der Waals surface area contributed by atoms with Crippen LogP contribution in [0.4, 0.5) is 0 Å². The van der Waals surface area contributed by atoms with E-state index in [4.69, 9.17) is 0 Å². The third-order valence-corrected chi connectivity index (χ3v) is 2.16. The van der Waals surface area contributed by atoms with E-state index in [1.54, 1.807) is 12.4 Å². The highest BCUT2D eigenvalue weighted by Crippen LogP contribution is 2.03. The molecule has 1 N–H and O–H groups in total. The van der Waals surface area contributed by atoms with E-state index in [0.29, 0.717) is 0 Å². The Labute approximate surface area is 91.4 Å². The lowest BCUT2D eigenvalue weighted by Gasteiger charge is -1.83. The van der Waals surface area contributed by atoms with Crippen LogP contribution in [0.3, 0.4) is 0 Å². The summed E-state index contributed by atoms with van der Waals surface area (Å²) in [7, 11) is 0. The predicted molar refractivity (Wildman–Crippen MR) is 63.8 cm³/mol. The molecule has 0 radical (unpaired) electrons. The molecule has 0 bridgehead atoms. The summed E-state index contributed by atoms with van der Waals surface area (Å²) in [6.07, 6.45) is 7.83. The van der Waals surface area contributed by atoms with Gasteiger partial charge in [0.25, 0.3) is 0 Å². The Hall–Kier alpha value is -1.57. The predicted octanol–water partition coefficient (Wildman–Crippen LogP) is 3.22. The summed E-state index contributed by atoms with van der Waals surface area (Å²) < 4.78 is 0. The molecule has 0 aliphatic heterocycles. The van der Waals surface area contributed by atoms with Gasteiger partial charge in [-0.05, 0) is 36.6 Å². The first-order valence-corrected chi connectivity index (χ1v) is 5.38. The van der Waals surface area contributed by atoms with Gasteiger partial charge in [0.1, 0.15) is 0 Å². The fourth-order valence-corrected chi connectivity index (χ4v) is 1.21. The van der Waals surface area contributed by atoms with Crippen molar-refractivity contribution in [3.63, 3.8) is 0 Å². The van der Waals surface area contributed by atoms with Crippen molar-refractivity contribution in [1.29, 1.82) is 0 Å². The quantitative estimate of drug-likeness (QED) is 0.795. The third-order valence-electron chi connectivity index (χ3n) is 2.16. The van der Waals surface area contributed by atoms with Crippen LogP contribution >= 0.6 is 0 Å². The maximum Gasteiger partial charge on any atom is 0.0267 e. The lowest BCUT2D eigenvalue weighted by molar-refractivity contribution is 1.06. The number of nitrogens with zero attached hydrogens (tertiary/aromatic N) is 1. The minimum absolute atomic E-state index is 1.11. The first kappa shape index (κ1) is 11.5. The van der Waals surface area contributed by atoms with Crippen LogP contribution in [0, 0.1) is 0 Å². The molecule has 2 nitrogen and oxygen atoms in total. The molecule has 2 rings (SSSR count). The van der Waals surface area contributed by atoms with Crippen molar-refractivity contribution in [2.45, 2.75) is 26.7 Å². The van der Waals surface area contributed by atoms with Crippen molar-refractivity contribution in [2.75, 3.05) is 0 Å². The number of hydrogen-bond acceptors (Lipinski definition) is 1. The van der Waals surface area contributed by atoms with Crippen LogP contribution in [0.1, 0.15) is 25.1 Å². The smallest absolute Gasteiger partial charge is 0.0267 e. The molecule has 2 aromatic rings. The molecule has 2 heterocycles. The Morgan fingerprint density at radius 1 is 1.07 bits per heavy atom. The first-order chi connectivity index (χ1) is 7.36. The largest absolute Gasteiger partial charge is 0.365 e. The maximum absolute atomic E-state index is 3.78. The van der Waals surface area contributed by atoms with Gasteiger partial charge in [-0.25, -0.2) is 0 Å². The number of nitrogens with one attached hydrogen (secondary N) is 1. The zero-order valence-corrected chi connectivity index (χ0v) is 9.40. The van der Waals surface area contributed by atoms with Gasteiger partial charge < -0.3 is 4.98 Å². The molecule has 0 saturated carbocycles. The number of aryl methyl sites for hydroxylation is 2. The van der Waals surface area contributed by atoms with Gasteiger partial charge in [0.15, 0.2) is 0 Å². The van der Waals surface area contributed by atoms with Gasteiger partial charge >= 0.3 is 0 Å². The van der Waals surface area contributed by atoms with Crippen LogP contribution in [-0.2, 0) is 12.8 Å². The van der Waals surface area contributed by atoms with Crippen molar-refractivity contribution < 1.29 is 0 Å². The molecule has 2 heteroatoms. The van der Waals surface area contributed by atoms with Crippen molar-refractivity contribution >= 4 is 0 Å². The molecule has 0 aromatic carbocycles. The summed E-state index contributed by atoms with van der Waals surface area (Å²) in [5.41, 5.74) is 2.75. The molecule has 80 valence electrons. The monoisotopic (exact) mass is 202 g/mol. The molecular weight excluding hydrogens is 184 g/mol.